The normalized spacial score (nSPS) is 22.4. The van der Waals surface area contributed by atoms with E-state index in [1.54, 1.807) is 4.90 Å². The highest BCUT2D eigenvalue weighted by Gasteiger charge is 2.31. The van der Waals surface area contributed by atoms with Crippen molar-refractivity contribution in [3.05, 3.63) is 35.9 Å². The van der Waals surface area contributed by atoms with E-state index in [1.165, 1.54) is 5.56 Å². The molecule has 0 bridgehead atoms. The summed E-state index contributed by atoms with van der Waals surface area (Å²) in [4.78, 5) is 13.9. The number of hydrogen-bond acceptors (Lipinski definition) is 3. The minimum atomic E-state index is -0.297. The predicted molar refractivity (Wildman–Crippen MR) is 74.7 cm³/mol. The Bertz CT molecular complexity index is 408. The van der Waals surface area contributed by atoms with Gasteiger partial charge >= 0.3 is 0 Å². The van der Waals surface area contributed by atoms with Crippen molar-refractivity contribution in [3.8, 4) is 0 Å². The molecular formula is C15H22N2O2. The number of hydrogen-bond donors (Lipinski definition) is 1. The van der Waals surface area contributed by atoms with Gasteiger partial charge in [-0.2, -0.15) is 0 Å². The fourth-order valence-electron chi connectivity index (χ4n) is 2.36. The van der Waals surface area contributed by atoms with E-state index in [1.807, 2.05) is 25.2 Å². The number of carbonyl (C=O) groups is 1. The van der Waals surface area contributed by atoms with E-state index in [4.69, 9.17) is 10.5 Å². The van der Waals surface area contributed by atoms with Crippen molar-refractivity contribution in [2.45, 2.75) is 31.5 Å². The molecule has 0 radical (unpaired) electrons. The van der Waals surface area contributed by atoms with E-state index < -0.39 is 0 Å². The fourth-order valence-corrected chi connectivity index (χ4v) is 2.36. The number of nitrogens with two attached hydrogens (primary N) is 1. The van der Waals surface area contributed by atoms with Crippen molar-refractivity contribution in [1.82, 2.24) is 4.90 Å². The van der Waals surface area contributed by atoms with Gasteiger partial charge in [0.1, 0.15) is 6.10 Å². The lowest BCUT2D eigenvalue weighted by atomic mass is 10.1. The van der Waals surface area contributed by atoms with Crippen molar-refractivity contribution in [2.24, 2.45) is 5.73 Å². The molecule has 2 atom stereocenters. The fraction of sp³-hybridized carbons (Fsp3) is 0.533. The molecule has 1 aliphatic heterocycles. The van der Waals surface area contributed by atoms with Gasteiger partial charge in [0.2, 0.25) is 0 Å². The summed E-state index contributed by atoms with van der Waals surface area (Å²) in [5, 5.41) is 0. The predicted octanol–water partition coefficient (Wildman–Crippen LogP) is 1.19. The molecule has 2 N–H and O–H groups in total. The molecule has 1 aliphatic rings. The molecular weight excluding hydrogens is 240 g/mol. The maximum Gasteiger partial charge on any atom is 0.251 e. The van der Waals surface area contributed by atoms with Gasteiger partial charge in [0.25, 0.3) is 5.91 Å². The van der Waals surface area contributed by atoms with Crippen LogP contribution in [0.3, 0.4) is 0 Å². The minimum Gasteiger partial charge on any atom is -0.364 e. The van der Waals surface area contributed by atoms with E-state index in [0.29, 0.717) is 6.54 Å². The molecule has 4 nitrogen and oxygen atoms in total. The number of carbonyl (C=O) groups excluding carboxylic acids is 1. The lowest BCUT2D eigenvalue weighted by molar-refractivity contribution is -0.141. The van der Waals surface area contributed by atoms with Crippen molar-refractivity contribution in [1.29, 1.82) is 0 Å². The summed E-state index contributed by atoms with van der Waals surface area (Å²) < 4.78 is 5.63. The topological polar surface area (TPSA) is 55.6 Å². The first-order valence-electron chi connectivity index (χ1n) is 6.85. The zero-order valence-corrected chi connectivity index (χ0v) is 11.4. The quantitative estimate of drug-likeness (QED) is 0.867. The first kappa shape index (κ1) is 14.0. The Morgan fingerprint density at radius 3 is 2.74 bits per heavy atom. The highest BCUT2D eigenvalue weighted by Crippen LogP contribution is 2.20. The summed E-state index contributed by atoms with van der Waals surface area (Å²) in [5.41, 5.74) is 6.80. The van der Waals surface area contributed by atoms with Crippen LogP contribution in [-0.2, 0) is 16.0 Å². The molecule has 1 aromatic rings. The minimum absolute atomic E-state index is 0.0523. The van der Waals surface area contributed by atoms with E-state index >= 15 is 0 Å². The number of amides is 1. The van der Waals surface area contributed by atoms with Crippen molar-refractivity contribution < 1.29 is 9.53 Å². The molecule has 0 spiro atoms. The van der Waals surface area contributed by atoms with Crippen LogP contribution in [0, 0.1) is 0 Å². The molecule has 4 heteroatoms. The van der Waals surface area contributed by atoms with Crippen LogP contribution in [0.25, 0.3) is 0 Å². The van der Waals surface area contributed by atoms with Gasteiger partial charge in [0.15, 0.2) is 0 Å². The lowest BCUT2D eigenvalue weighted by Crippen LogP contribution is -2.38. The van der Waals surface area contributed by atoms with Crippen molar-refractivity contribution in [3.63, 3.8) is 0 Å². The first-order chi connectivity index (χ1) is 9.20. The maximum atomic E-state index is 12.2. The summed E-state index contributed by atoms with van der Waals surface area (Å²) in [6.07, 6.45) is 2.30. The molecule has 104 valence electrons. The van der Waals surface area contributed by atoms with Gasteiger partial charge in [-0.25, -0.2) is 0 Å². The van der Waals surface area contributed by atoms with Crippen LogP contribution in [0.5, 0.6) is 0 Å². The second-order valence-electron chi connectivity index (χ2n) is 5.06. The number of rotatable bonds is 5. The summed E-state index contributed by atoms with van der Waals surface area (Å²) in [5.74, 6) is 0.0758. The smallest absolute Gasteiger partial charge is 0.251 e. The maximum absolute atomic E-state index is 12.2. The van der Waals surface area contributed by atoms with E-state index in [2.05, 4.69) is 12.1 Å². The van der Waals surface area contributed by atoms with Gasteiger partial charge in [0, 0.05) is 20.1 Å². The van der Waals surface area contributed by atoms with Gasteiger partial charge < -0.3 is 15.4 Å². The van der Waals surface area contributed by atoms with Gasteiger partial charge in [-0.3, -0.25) is 4.79 Å². The first-order valence-corrected chi connectivity index (χ1v) is 6.85. The van der Waals surface area contributed by atoms with Crippen LogP contribution in [0.1, 0.15) is 18.4 Å². The van der Waals surface area contributed by atoms with Gasteiger partial charge in [0.05, 0.1) is 6.10 Å². The molecule has 2 unspecified atom stereocenters. The zero-order chi connectivity index (χ0) is 13.7. The summed E-state index contributed by atoms with van der Waals surface area (Å²) in [6, 6.07) is 10.2. The zero-order valence-electron chi connectivity index (χ0n) is 11.4. The molecule has 1 saturated heterocycles. The monoisotopic (exact) mass is 262 g/mol. The lowest BCUT2D eigenvalue weighted by Gasteiger charge is -2.21. The number of ether oxygens (including phenoxy) is 1. The van der Waals surface area contributed by atoms with Crippen LogP contribution in [0.4, 0.5) is 0 Å². The molecule has 1 aromatic carbocycles. The Kier molecular flexibility index (Phi) is 4.93. The third-order valence-electron chi connectivity index (χ3n) is 3.60. The number of nitrogens with zero attached hydrogens (tertiary/aromatic N) is 1. The van der Waals surface area contributed by atoms with Gasteiger partial charge in [-0.05, 0) is 24.8 Å². The molecule has 2 rings (SSSR count). The summed E-state index contributed by atoms with van der Waals surface area (Å²) in [7, 11) is 1.84. The number of benzene rings is 1. The Labute approximate surface area is 114 Å². The van der Waals surface area contributed by atoms with E-state index in [9.17, 15) is 4.79 Å². The van der Waals surface area contributed by atoms with Gasteiger partial charge in [-0.1, -0.05) is 30.3 Å². The molecule has 1 heterocycles. The average Bonchev–Trinajstić information content (AvgIpc) is 2.94. The van der Waals surface area contributed by atoms with Crippen LogP contribution in [-0.4, -0.2) is 43.2 Å². The van der Waals surface area contributed by atoms with Crippen molar-refractivity contribution >= 4 is 5.91 Å². The van der Waals surface area contributed by atoms with Crippen LogP contribution < -0.4 is 5.73 Å². The van der Waals surface area contributed by atoms with Crippen LogP contribution in [0.15, 0.2) is 30.3 Å². The highest BCUT2D eigenvalue weighted by atomic mass is 16.5. The Morgan fingerprint density at radius 2 is 2.11 bits per heavy atom. The third-order valence-corrected chi connectivity index (χ3v) is 3.60. The third kappa shape index (κ3) is 3.78. The highest BCUT2D eigenvalue weighted by molar-refractivity contribution is 5.81. The van der Waals surface area contributed by atoms with Crippen molar-refractivity contribution in [2.75, 3.05) is 20.1 Å². The Morgan fingerprint density at radius 1 is 1.37 bits per heavy atom. The molecule has 19 heavy (non-hydrogen) atoms. The van der Waals surface area contributed by atoms with Gasteiger partial charge in [-0.15, -0.1) is 0 Å². The van der Waals surface area contributed by atoms with E-state index in [-0.39, 0.29) is 18.1 Å². The average molecular weight is 262 g/mol. The molecule has 0 saturated carbocycles. The Hall–Kier alpha value is -1.39. The number of likely N-dealkylation sites (N-methyl/N-ethyl adjacent to an activating group) is 1. The molecule has 1 amide bonds. The molecule has 0 aromatic heterocycles. The largest absolute Gasteiger partial charge is 0.364 e. The Balaban J connectivity index is 1.80. The SMILES string of the molecule is CN(CCc1ccccc1)C(=O)C1CCC(CN)O1. The summed E-state index contributed by atoms with van der Waals surface area (Å²) >= 11 is 0. The second-order valence-corrected chi connectivity index (χ2v) is 5.06. The second kappa shape index (κ2) is 6.68. The molecule has 0 aliphatic carbocycles. The standard InChI is InChI=1S/C15H22N2O2/c1-17(10-9-12-5-3-2-4-6-12)15(18)14-8-7-13(11-16)19-14/h2-6,13-14H,7-11,16H2,1H3. The van der Waals surface area contributed by atoms with Crippen LogP contribution in [0.2, 0.25) is 0 Å². The summed E-state index contributed by atoms with van der Waals surface area (Å²) in [6.45, 7) is 1.22. The van der Waals surface area contributed by atoms with E-state index in [0.717, 1.165) is 25.8 Å². The van der Waals surface area contributed by atoms with Crippen LogP contribution >= 0.6 is 0 Å². The molecule has 1 fully saturated rings.